The van der Waals surface area contributed by atoms with Crippen molar-refractivity contribution in [2.75, 3.05) is 0 Å². The Morgan fingerprint density at radius 1 is 0.667 bits per heavy atom. The number of hydrogen-bond donors (Lipinski definition) is 1. The largest absolute Gasteiger partial charge is 0.481 e. The molecule has 3 heteroatoms. The monoisotopic (exact) mass is 394 g/mol. The van der Waals surface area contributed by atoms with Gasteiger partial charge in [-0.25, -0.2) is 0 Å². The lowest BCUT2D eigenvalue weighted by Crippen LogP contribution is -2.36. The summed E-state index contributed by atoms with van der Waals surface area (Å²) >= 11 is 0. The lowest BCUT2D eigenvalue weighted by atomic mass is 9.80. The first-order valence-corrected chi connectivity index (χ1v) is 9.85. The maximum absolute atomic E-state index is 11.2. The molecule has 0 aliphatic heterocycles. The van der Waals surface area contributed by atoms with Crippen LogP contribution in [0.2, 0.25) is 0 Å². The number of rotatable bonds is 7. The van der Waals surface area contributed by atoms with Crippen molar-refractivity contribution in [3.05, 3.63) is 138 Å². The Balaban J connectivity index is 1.93. The van der Waals surface area contributed by atoms with Crippen LogP contribution in [0, 0.1) is 0 Å². The summed E-state index contributed by atoms with van der Waals surface area (Å²) in [5, 5.41) is 9.18. The van der Waals surface area contributed by atoms with Crippen LogP contribution in [-0.2, 0) is 16.8 Å². The lowest BCUT2D eigenvalue weighted by Gasteiger charge is -2.36. The number of carboxylic acids is 1. The van der Waals surface area contributed by atoms with E-state index in [1.165, 1.54) is 0 Å². The van der Waals surface area contributed by atoms with Crippen molar-refractivity contribution in [2.24, 2.45) is 0 Å². The summed E-state index contributed by atoms with van der Waals surface area (Å²) in [6.07, 6.45) is -0.0494. The number of ether oxygens (including phenoxy) is 1. The molecule has 0 heterocycles. The van der Waals surface area contributed by atoms with Crippen LogP contribution < -0.4 is 4.74 Å². The van der Waals surface area contributed by atoms with Crippen LogP contribution in [-0.4, -0.2) is 11.1 Å². The van der Waals surface area contributed by atoms with Crippen molar-refractivity contribution < 1.29 is 14.6 Å². The molecular weight excluding hydrogens is 372 g/mol. The second-order valence-electron chi connectivity index (χ2n) is 7.10. The van der Waals surface area contributed by atoms with Crippen LogP contribution in [0.25, 0.3) is 0 Å². The van der Waals surface area contributed by atoms with Gasteiger partial charge in [0.1, 0.15) is 5.75 Å². The highest BCUT2D eigenvalue weighted by Crippen LogP contribution is 2.41. The SMILES string of the molecule is O=C(O)Cc1cccc(OC(c2ccccc2)(c2ccccc2)c2ccccc2)c1. The maximum Gasteiger partial charge on any atom is 0.307 e. The zero-order valence-corrected chi connectivity index (χ0v) is 16.4. The molecule has 4 aromatic rings. The normalized spacial score (nSPS) is 11.1. The van der Waals surface area contributed by atoms with E-state index >= 15 is 0 Å². The predicted octanol–water partition coefficient (Wildman–Crippen LogP) is 5.68. The van der Waals surface area contributed by atoms with E-state index in [2.05, 4.69) is 36.4 Å². The first-order valence-electron chi connectivity index (χ1n) is 9.85. The first-order chi connectivity index (χ1) is 14.7. The van der Waals surface area contributed by atoms with E-state index in [1.807, 2.05) is 66.7 Å². The smallest absolute Gasteiger partial charge is 0.307 e. The third kappa shape index (κ3) is 3.96. The zero-order valence-electron chi connectivity index (χ0n) is 16.4. The standard InChI is InChI=1S/C27H22O3/c28-26(29)20-21-11-10-18-25(19-21)30-27(22-12-4-1-5-13-22,23-14-6-2-7-15-23)24-16-8-3-9-17-24/h1-19H,20H2,(H,28,29). The van der Waals surface area contributed by atoms with Crippen molar-refractivity contribution >= 4 is 5.97 Å². The van der Waals surface area contributed by atoms with Crippen molar-refractivity contribution in [1.82, 2.24) is 0 Å². The molecule has 4 rings (SSSR count). The molecule has 0 radical (unpaired) electrons. The van der Waals surface area contributed by atoms with Gasteiger partial charge >= 0.3 is 5.97 Å². The predicted molar refractivity (Wildman–Crippen MR) is 118 cm³/mol. The number of benzene rings is 4. The van der Waals surface area contributed by atoms with Gasteiger partial charge in [0, 0.05) is 16.7 Å². The fraction of sp³-hybridized carbons (Fsp3) is 0.0741. The highest BCUT2D eigenvalue weighted by Gasteiger charge is 2.38. The minimum atomic E-state index is -0.883. The molecule has 0 saturated heterocycles. The molecule has 148 valence electrons. The average Bonchev–Trinajstić information content (AvgIpc) is 2.79. The second kappa shape index (κ2) is 8.66. The van der Waals surface area contributed by atoms with Crippen LogP contribution >= 0.6 is 0 Å². The Labute approximate surface area is 176 Å². The van der Waals surface area contributed by atoms with Crippen LogP contribution in [0.4, 0.5) is 0 Å². The van der Waals surface area contributed by atoms with Gasteiger partial charge in [-0.15, -0.1) is 0 Å². The quantitative estimate of drug-likeness (QED) is 0.410. The van der Waals surface area contributed by atoms with Gasteiger partial charge in [0.05, 0.1) is 6.42 Å². The van der Waals surface area contributed by atoms with Crippen molar-refractivity contribution in [3.8, 4) is 5.75 Å². The van der Waals surface area contributed by atoms with E-state index in [9.17, 15) is 9.90 Å². The van der Waals surface area contributed by atoms with Crippen molar-refractivity contribution in [1.29, 1.82) is 0 Å². The molecule has 0 bridgehead atoms. The minimum Gasteiger partial charge on any atom is -0.481 e. The van der Waals surface area contributed by atoms with Gasteiger partial charge in [0.15, 0.2) is 5.60 Å². The molecule has 0 atom stereocenters. The third-order valence-corrected chi connectivity index (χ3v) is 5.07. The van der Waals surface area contributed by atoms with E-state index in [0.717, 1.165) is 16.7 Å². The van der Waals surface area contributed by atoms with E-state index in [4.69, 9.17) is 4.74 Å². The molecule has 3 nitrogen and oxygen atoms in total. The first kappa shape index (κ1) is 19.5. The van der Waals surface area contributed by atoms with Gasteiger partial charge in [0.25, 0.3) is 0 Å². The van der Waals surface area contributed by atoms with Crippen LogP contribution in [0.3, 0.4) is 0 Å². The summed E-state index contributed by atoms with van der Waals surface area (Å²) in [7, 11) is 0. The van der Waals surface area contributed by atoms with E-state index in [0.29, 0.717) is 11.3 Å². The van der Waals surface area contributed by atoms with Crippen LogP contribution in [0.5, 0.6) is 5.75 Å². The van der Waals surface area contributed by atoms with E-state index in [-0.39, 0.29) is 6.42 Å². The number of aliphatic carboxylic acids is 1. The fourth-order valence-corrected chi connectivity index (χ4v) is 3.77. The molecule has 0 aromatic heterocycles. The summed E-state index contributed by atoms with van der Waals surface area (Å²) < 4.78 is 6.79. The molecule has 0 amide bonds. The summed E-state index contributed by atoms with van der Waals surface area (Å²) in [5.41, 5.74) is 2.79. The molecule has 0 spiro atoms. The van der Waals surface area contributed by atoms with Gasteiger partial charge < -0.3 is 9.84 Å². The van der Waals surface area contributed by atoms with Crippen molar-refractivity contribution in [3.63, 3.8) is 0 Å². The maximum atomic E-state index is 11.2. The molecular formula is C27H22O3. The Morgan fingerprint density at radius 3 is 1.57 bits per heavy atom. The molecule has 30 heavy (non-hydrogen) atoms. The molecule has 1 N–H and O–H groups in total. The summed E-state index contributed by atoms with van der Waals surface area (Å²) in [4.78, 5) is 11.2. The topological polar surface area (TPSA) is 46.5 Å². The van der Waals surface area contributed by atoms with Crippen LogP contribution in [0.15, 0.2) is 115 Å². The molecule has 0 saturated carbocycles. The number of carbonyl (C=O) groups is 1. The van der Waals surface area contributed by atoms with Gasteiger partial charge in [0.2, 0.25) is 0 Å². The van der Waals surface area contributed by atoms with E-state index in [1.54, 1.807) is 12.1 Å². The van der Waals surface area contributed by atoms with Gasteiger partial charge in [-0.1, -0.05) is 103 Å². The Kier molecular flexibility index (Phi) is 5.62. The molecule has 0 fully saturated rings. The minimum absolute atomic E-state index is 0.0494. The second-order valence-corrected chi connectivity index (χ2v) is 7.10. The average molecular weight is 394 g/mol. The zero-order chi connectivity index (χ0) is 20.8. The highest BCUT2D eigenvalue weighted by molar-refractivity contribution is 5.70. The highest BCUT2D eigenvalue weighted by atomic mass is 16.5. The fourth-order valence-electron chi connectivity index (χ4n) is 3.77. The molecule has 0 unspecified atom stereocenters. The summed E-state index contributed by atoms with van der Waals surface area (Å²) in [6, 6.07) is 37.6. The Bertz CT molecular complexity index is 1010. The third-order valence-electron chi connectivity index (χ3n) is 5.07. The van der Waals surface area contributed by atoms with Crippen LogP contribution in [0.1, 0.15) is 22.3 Å². The Hall–Kier alpha value is -3.85. The van der Waals surface area contributed by atoms with Gasteiger partial charge in [-0.05, 0) is 17.7 Å². The summed E-state index contributed by atoms with van der Waals surface area (Å²) in [6.45, 7) is 0. The Morgan fingerprint density at radius 2 is 1.13 bits per heavy atom. The van der Waals surface area contributed by atoms with Gasteiger partial charge in [-0.2, -0.15) is 0 Å². The number of carboxylic acid groups (broad SMARTS) is 1. The summed E-state index contributed by atoms with van der Waals surface area (Å²) in [5.74, 6) is -0.252. The van der Waals surface area contributed by atoms with Gasteiger partial charge in [-0.3, -0.25) is 4.79 Å². The molecule has 0 aliphatic rings. The van der Waals surface area contributed by atoms with Crippen molar-refractivity contribution in [2.45, 2.75) is 12.0 Å². The number of hydrogen-bond acceptors (Lipinski definition) is 2. The lowest BCUT2D eigenvalue weighted by molar-refractivity contribution is -0.136. The van der Waals surface area contributed by atoms with E-state index < -0.39 is 11.6 Å². The molecule has 4 aromatic carbocycles. The molecule has 0 aliphatic carbocycles.